The van der Waals surface area contributed by atoms with Crippen molar-refractivity contribution in [3.05, 3.63) is 23.8 Å². The Bertz CT molecular complexity index is 273. The first-order valence-corrected chi connectivity index (χ1v) is 3.10. The van der Waals surface area contributed by atoms with Crippen molar-refractivity contribution < 1.29 is 35.1 Å². The zero-order valence-corrected chi connectivity index (χ0v) is 7.94. The van der Waals surface area contributed by atoms with Gasteiger partial charge in [0.1, 0.15) is 11.5 Å². The van der Waals surface area contributed by atoms with Crippen LogP contribution in [0.15, 0.2) is 18.2 Å². The van der Waals surface area contributed by atoms with Gasteiger partial charge in [-0.15, -0.1) is 0 Å². The molecule has 4 heteroatoms. The zero-order chi connectivity index (χ0) is 8.27. The summed E-state index contributed by atoms with van der Waals surface area (Å²) in [7, 11) is 1.50. The summed E-state index contributed by atoms with van der Waals surface area (Å²) in [4.78, 5) is 10.3. The molecule has 0 aliphatic heterocycles. The minimum Gasteiger partial charge on any atom is -0.507 e. The van der Waals surface area contributed by atoms with E-state index in [1.165, 1.54) is 19.2 Å². The van der Waals surface area contributed by atoms with Crippen molar-refractivity contribution in [1.29, 1.82) is 0 Å². The number of ether oxygens (including phenoxy) is 1. The first-order valence-electron chi connectivity index (χ1n) is 3.10. The van der Waals surface area contributed by atoms with Crippen LogP contribution in [0.4, 0.5) is 0 Å². The predicted octanol–water partition coefficient (Wildman–Crippen LogP) is 1.21. The maximum Gasteiger partial charge on any atom is 0.153 e. The second-order valence-electron chi connectivity index (χ2n) is 2.04. The van der Waals surface area contributed by atoms with Gasteiger partial charge in [0.2, 0.25) is 0 Å². The average Bonchev–Trinajstić information content (AvgIpc) is 2.05. The van der Waals surface area contributed by atoms with Crippen molar-refractivity contribution in [3.8, 4) is 11.5 Å². The van der Waals surface area contributed by atoms with Crippen LogP contribution in [0.3, 0.4) is 0 Å². The Labute approximate surface area is 84.0 Å². The fourth-order valence-electron chi connectivity index (χ4n) is 0.754. The monoisotopic (exact) mass is 258 g/mol. The Morgan fingerprint density at radius 2 is 2.17 bits per heavy atom. The number of carbonyl (C=O) groups is 1. The van der Waals surface area contributed by atoms with Crippen LogP contribution < -0.4 is 4.74 Å². The molecule has 0 radical (unpaired) electrons. The van der Waals surface area contributed by atoms with Gasteiger partial charge in [0, 0.05) is 20.4 Å². The summed E-state index contributed by atoms with van der Waals surface area (Å²) in [5.41, 5.74) is 0.240. The third-order valence-electron chi connectivity index (χ3n) is 1.36. The first-order chi connectivity index (χ1) is 5.27. The summed E-state index contributed by atoms with van der Waals surface area (Å²) >= 11 is 0. The molecular weight excluding hydrogens is 251 g/mol. The van der Waals surface area contributed by atoms with E-state index in [1.54, 1.807) is 6.07 Å². The number of aromatic hydroxyl groups is 1. The number of hydrogen-bond donors (Lipinski definition) is 1. The van der Waals surface area contributed by atoms with Gasteiger partial charge in [0.05, 0.1) is 12.7 Å². The van der Waals surface area contributed by atoms with Crippen molar-refractivity contribution in [2.45, 2.75) is 0 Å². The molecule has 0 saturated heterocycles. The van der Waals surface area contributed by atoms with Crippen LogP contribution in [-0.4, -0.2) is 18.5 Å². The minimum absolute atomic E-state index is 0. The van der Waals surface area contributed by atoms with E-state index >= 15 is 0 Å². The summed E-state index contributed by atoms with van der Waals surface area (Å²) in [5, 5.41) is 9.04. The van der Waals surface area contributed by atoms with Crippen LogP contribution in [-0.2, 0) is 20.4 Å². The fourth-order valence-corrected chi connectivity index (χ4v) is 0.754. The molecular formula is C8H8O3Pd. The number of hydrogen-bond acceptors (Lipinski definition) is 3. The van der Waals surface area contributed by atoms with Gasteiger partial charge in [-0.1, -0.05) is 0 Å². The molecule has 0 saturated carbocycles. The molecule has 0 aliphatic rings. The molecule has 1 aromatic rings. The zero-order valence-electron chi connectivity index (χ0n) is 6.39. The molecule has 0 fully saturated rings. The van der Waals surface area contributed by atoms with E-state index in [0.717, 1.165) is 0 Å². The second kappa shape index (κ2) is 4.92. The summed E-state index contributed by atoms with van der Waals surface area (Å²) in [5.74, 6) is 0.533. The third-order valence-corrected chi connectivity index (χ3v) is 1.36. The Hall–Kier alpha value is -0.848. The number of phenols is 1. The van der Waals surface area contributed by atoms with Gasteiger partial charge < -0.3 is 9.84 Å². The first kappa shape index (κ1) is 11.2. The Kier molecular flexibility index (Phi) is 4.57. The summed E-state index contributed by atoms with van der Waals surface area (Å²) < 4.78 is 4.84. The number of methoxy groups -OCH3 is 1. The molecule has 0 atom stereocenters. The number of benzene rings is 1. The molecule has 0 aromatic heterocycles. The number of carbonyl (C=O) groups excluding carboxylic acids is 1. The van der Waals surface area contributed by atoms with Gasteiger partial charge in [-0.25, -0.2) is 0 Å². The van der Waals surface area contributed by atoms with Crippen LogP contribution in [0.25, 0.3) is 0 Å². The maximum absolute atomic E-state index is 10.3. The second-order valence-corrected chi connectivity index (χ2v) is 2.04. The van der Waals surface area contributed by atoms with Crippen molar-refractivity contribution in [1.82, 2.24) is 0 Å². The normalized spacial score (nSPS) is 8.42. The van der Waals surface area contributed by atoms with Crippen LogP contribution in [0.2, 0.25) is 0 Å². The van der Waals surface area contributed by atoms with E-state index in [4.69, 9.17) is 9.84 Å². The Balaban J connectivity index is 0.00000121. The van der Waals surface area contributed by atoms with Crippen LogP contribution >= 0.6 is 0 Å². The van der Waals surface area contributed by atoms with E-state index in [2.05, 4.69) is 0 Å². The molecule has 1 N–H and O–H groups in total. The molecule has 3 nitrogen and oxygen atoms in total. The summed E-state index contributed by atoms with van der Waals surface area (Å²) in [6.07, 6.45) is 0.581. The Morgan fingerprint density at radius 3 is 2.67 bits per heavy atom. The fraction of sp³-hybridized carbons (Fsp3) is 0.125. The van der Waals surface area contributed by atoms with Crippen molar-refractivity contribution in [3.63, 3.8) is 0 Å². The Morgan fingerprint density at radius 1 is 1.50 bits per heavy atom. The van der Waals surface area contributed by atoms with E-state index in [9.17, 15) is 4.79 Å². The van der Waals surface area contributed by atoms with Crippen molar-refractivity contribution in [2.75, 3.05) is 7.11 Å². The smallest absolute Gasteiger partial charge is 0.153 e. The van der Waals surface area contributed by atoms with Crippen LogP contribution in [0.5, 0.6) is 11.5 Å². The van der Waals surface area contributed by atoms with E-state index in [-0.39, 0.29) is 31.7 Å². The molecule has 0 aliphatic carbocycles. The number of rotatable bonds is 2. The van der Waals surface area contributed by atoms with Gasteiger partial charge in [-0.3, -0.25) is 4.79 Å². The van der Waals surface area contributed by atoms with Gasteiger partial charge >= 0.3 is 0 Å². The topological polar surface area (TPSA) is 46.5 Å². The minimum atomic E-state index is -0.0270. The average molecular weight is 259 g/mol. The van der Waals surface area contributed by atoms with Gasteiger partial charge in [-0.2, -0.15) is 0 Å². The maximum atomic E-state index is 10.3. The largest absolute Gasteiger partial charge is 0.507 e. The molecule has 1 aromatic carbocycles. The molecule has 1 rings (SSSR count). The van der Waals surface area contributed by atoms with Crippen molar-refractivity contribution in [2.24, 2.45) is 0 Å². The van der Waals surface area contributed by atoms with Gasteiger partial charge in [-0.05, 0) is 18.2 Å². The summed E-state index contributed by atoms with van der Waals surface area (Å²) in [6, 6.07) is 4.48. The van der Waals surface area contributed by atoms with Crippen LogP contribution in [0, 0.1) is 0 Å². The summed E-state index contributed by atoms with van der Waals surface area (Å²) in [6.45, 7) is 0. The number of aldehydes is 1. The van der Waals surface area contributed by atoms with E-state index < -0.39 is 0 Å². The molecule has 12 heavy (non-hydrogen) atoms. The third kappa shape index (κ3) is 2.33. The molecule has 0 heterocycles. The molecule has 0 bridgehead atoms. The van der Waals surface area contributed by atoms with E-state index in [0.29, 0.717) is 12.0 Å². The molecule has 68 valence electrons. The van der Waals surface area contributed by atoms with Crippen molar-refractivity contribution >= 4 is 6.29 Å². The molecule has 0 spiro atoms. The van der Waals surface area contributed by atoms with Gasteiger partial charge in [0.15, 0.2) is 6.29 Å². The van der Waals surface area contributed by atoms with Crippen LogP contribution in [0.1, 0.15) is 10.4 Å². The van der Waals surface area contributed by atoms with E-state index in [1.807, 2.05) is 0 Å². The number of phenolic OH excluding ortho intramolecular Hbond substituents is 1. The standard InChI is InChI=1S/C8H8O3.Pd/c1-11-7-2-3-8(10)6(4-7)5-9;/h2-5,10H,1H3;. The SMILES string of the molecule is COc1ccc(O)c(C=O)c1.[Pd]. The van der Waals surface area contributed by atoms with Gasteiger partial charge in [0.25, 0.3) is 0 Å². The quantitative estimate of drug-likeness (QED) is 0.641. The molecule has 0 unspecified atom stereocenters. The predicted molar refractivity (Wildman–Crippen MR) is 40.0 cm³/mol. The molecule has 0 amide bonds.